The van der Waals surface area contributed by atoms with Gasteiger partial charge in [-0.25, -0.2) is 9.07 Å². The Kier molecular flexibility index (Phi) is 4.60. The van der Waals surface area contributed by atoms with Crippen LogP contribution in [0.15, 0.2) is 28.9 Å². The molecule has 0 saturated carbocycles. The van der Waals surface area contributed by atoms with E-state index < -0.39 is 18.0 Å². The summed E-state index contributed by atoms with van der Waals surface area (Å²) >= 11 is 0. The number of aromatic nitrogens is 6. The summed E-state index contributed by atoms with van der Waals surface area (Å²) in [6.45, 7) is 1.51. The van der Waals surface area contributed by atoms with Crippen molar-refractivity contribution in [3.8, 4) is 11.5 Å². The van der Waals surface area contributed by atoms with Crippen LogP contribution in [0, 0.1) is 0 Å². The Hall–Kier alpha value is -2.82. The predicted molar refractivity (Wildman–Crippen MR) is 86.5 cm³/mol. The zero-order valence-corrected chi connectivity index (χ0v) is 14.1. The summed E-state index contributed by atoms with van der Waals surface area (Å²) in [5, 5.41) is 17.9. The number of hydrogen-bond donors (Lipinski definition) is 1. The lowest BCUT2D eigenvalue weighted by molar-refractivity contribution is 0.110. The topological polar surface area (TPSA) is 94.6 Å². The SMILES string of the molecule is FC(F)c1nnc(-c2ccc(Cn3cc(C4(F)CCNCC4)nn3)nc2)o1. The van der Waals surface area contributed by atoms with E-state index in [1.54, 1.807) is 18.3 Å². The van der Waals surface area contributed by atoms with Crippen molar-refractivity contribution in [3.05, 3.63) is 41.8 Å². The molecule has 0 amide bonds. The molecular weight excluding hydrogens is 363 g/mol. The average Bonchev–Trinajstić information content (AvgIpc) is 3.33. The van der Waals surface area contributed by atoms with Crippen LogP contribution in [-0.4, -0.2) is 43.3 Å². The van der Waals surface area contributed by atoms with Crippen LogP contribution in [0.3, 0.4) is 0 Å². The first-order chi connectivity index (χ1) is 13.0. The lowest BCUT2D eigenvalue weighted by Crippen LogP contribution is -2.37. The smallest absolute Gasteiger partial charge is 0.314 e. The number of halogens is 3. The third kappa shape index (κ3) is 3.68. The number of nitrogens with one attached hydrogen (secondary N) is 1. The van der Waals surface area contributed by atoms with Gasteiger partial charge in [-0.3, -0.25) is 4.98 Å². The van der Waals surface area contributed by atoms with Crippen LogP contribution in [0.2, 0.25) is 0 Å². The molecule has 8 nitrogen and oxygen atoms in total. The minimum Gasteiger partial charge on any atom is -0.415 e. The fourth-order valence-corrected chi connectivity index (χ4v) is 2.91. The van der Waals surface area contributed by atoms with Crippen molar-refractivity contribution in [1.82, 2.24) is 35.5 Å². The minimum absolute atomic E-state index is 0.0299. The maximum atomic E-state index is 14.9. The molecule has 1 saturated heterocycles. The molecule has 3 aromatic heterocycles. The first kappa shape index (κ1) is 17.6. The third-order valence-electron chi connectivity index (χ3n) is 4.42. The number of nitrogens with zero attached hydrogens (tertiary/aromatic N) is 6. The van der Waals surface area contributed by atoms with E-state index in [0.29, 0.717) is 49.4 Å². The molecule has 1 fully saturated rings. The molecule has 142 valence electrons. The van der Waals surface area contributed by atoms with Gasteiger partial charge in [0.15, 0.2) is 5.67 Å². The summed E-state index contributed by atoms with van der Waals surface area (Å²) in [5.74, 6) is -0.764. The molecule has 0 unspecified atom stereocenters. The lowest BCUT2D eigenvalue weighted by Gasteiger charge is -2.27. The van der Waals surface area contributed by atoms with Crippen LogP contribution < -0.4 is 5.32 Å². The van der Waals surface area contributed by atoms with Crippen molar-refractivity contribution < 1.29 is 17.6 Å². The zero-order chi connectivity index (χ0) is 18.9. The van der Waals surface area contributed by atoms with Crippen molar-refractivity contribution in [2.24, 2.45) is 0 Å². The predicted octanol–water partition coefficient (Wildman–Crippen LogP) is 2.26. The van der Waals surface area contributed by atoms with E-state index in [9.17, 15) is 13.2 Å². The highest BCUT2D eigenvalue weighted by molar-refractivity contribution is 5.50. The molecule has 1 aliphatic heterocycles. The lowest BCUT2D eigenvalue weighted by atomic mass is 9.91. The Morgan fingerprint density at radius 3 is 2.67 bits per heavy atom. The fraction of sp³-hybridized carbons (Fsp3) is 0.438. The number of pyridine rings is 1. The standard InChI is InChI=1S/C16H16F3N7O/c17-13(18)15-24-23-14(27-15)10-1-2-11(21-7-10)8-26-9-12(22-25-26)16(19)3-5-20-6-4-16/h1-2,7,9,13,20H,3-6,8H2. The molecule has 0 atom stereocenters. The monoisotopic (exact) mass is 379 g/mol. The summed E-state index contributed by atoms with van der Waals surface area (Å²) < 4.78 is 46.3. The fourth-order valence-electron chi connectivity index (χ4n) is 2.91. The van der Waals surface area contributed by atoms with Crippen molar-refractivity contribution in [2.45, 2.75) is 31.5 Å². The molecule has 0 aromatic carbocycles. The number of rotatable bonds is 5. The summed E-state index contributed by atoms with van der Waals surface area (Å²) in [4.78, 5) is 4.24. The maximum absolute atomic E-state index is 14.9. The largest absolute Gasteiger partial charge is 0.415 e. The van der Waals surface area contributed by atoms with Crippen molar-refractivity contribution in [1.29, 1.82) is 0 Å². The third-order valence-corrected chi connectivity index (χ3v) is 4.42. The molecule has 27 heavy (non-hydrogen) atoms. The molecule has 0 radical (unpaired) electrons. The van der Waals surface area contributed by atoms with Crippen molar-refractivity contribution in [2.75, 3.05) is 13.1 Å². The molecular formula is C16H16F3N7O. The molecule has 3 aromatic rings. The quantitative estimate of drug-likeness (QED) is 0.727. The normalized spacial score (nSPS) is 16.7. The van der Waals surface area contributed by atoms with Gasteiger partial charge < -0.3 is 9.73 Å². The van der Waals surface area contributed by atoms with E-state index >= 15 is 0 Å². The summed E-state index contributed by atoms with van der Waals surface area (Å²) in [6.07, 6.45) is 0.943. The molecule has 4 rings (SSSR count). The Balaban J connectivity index is 1.45. The average molecular weight is 379 g/mol. The Labute approximate surface area is 151 Å². The van der Waals surface area contributed by atoms with E-state index in [-0.39, 0.29) is 5.89 Å². The van der Waals surface area contributed by atoms with E-state index in [2.05, 4.69) is 30.8 Å². The summed E-state index contributed by atoms with van der Waals surface area (Å²) in [6, 6.07) is 3.31. The van der Waals surface area contributed by atoms with Gasteiger partial charge in [0.25, 0.3) is 5.89 Å². The second-order valence-electron chi connectivity index (χ2n) is 6.30. The van der Waals surface area contributed by atoms with Gasteiger partial charge in [0.1, 0.15) is 5.69 Å². The van der Waals surface area contributed by atoms with Gasteiger partial charge >= 0.3 is 6.43 Å². The summed E-state index contributed by atoms with van der Waals surface area (Å²) in [7, 11) is 0. The van der Waals surface area contributed by atoms with E-state index in [0.717, 1.165) is 0 Å². The maximum Gasteiger partial charge on any atom is 0.314 e. The second-order valence-corrected chi connectivity index (χ2v) is 6.30. The van der Waals surface area contributed by atoms with Gasteiger partial charge in [0.2, 0.25) is 5.89 Å². The summed E-state index contributed by atoms with van der Waals surface area (Å²) in [5.41, 5.74) is -0.0656. The van der Waals surface area contributed by atoms with E-state index in [1.807, 2.05) is 0 Å². The highest BCUT2D eigenvalue weighted by Crippen LogP contribution is 2.33. The highest BCUT2D eigenvalue weighted by Gasteiger charge is 2.36. The molecule has 1 aliphatic rings. The number of piperidine rings is 1. The van der Waals surface area contributed by atoms with Gasteiger partial charge in [0, 0.05) is 6.20 Å². The second kappa shape index (κ2) is 7.06. The Bertz CT molecular complexity index is 903. The van der Waals surface area contributed by atoms with Crippen LogP contribution in [0.25, 0.3) is 11.5 Å². The Morgan fingerprint density at radius 1 is 1.19 bits per heavy atom. The van der Waals surface area contributed by atoms with Crippen molar-refractivity contribution >= 4 is 0 Å². The van der Waals surface area contributed by atoms with Crippen molar-refractivity contribution in [3.63, 3.8) is 0 Å². The van der Waals surface area contributed by atoms with E-state index in [1.165, 1.54) is 10.9 Å². The molecule has 4 heterocycles. The number of hydrogen-bond acceptors (Lipinski definition) is 7. The molecule has 0 aliphatic carbocycles. The van der Waals surface area contributed by atoms with Gasteiger partial charge in [-0.15, -0.1) is 15.3 Å². The number of alkyl halides is 3. The first-order valence-electron chi connectivity index (χ1n) is 8.41. The Morgan fingerprint density at radius 2 is 2.00 bits per heavy atom. The molecule has 0 spiro atoms. The highest BCUT2D eigenvalue weighted by atomic mass is 19.3. The van der Waals surface area contributed by atoms with E-state index in [4.69, 9.17) is 4.42 Å². The van der Waals surface area contributed by atoms with Gasteiger partial charge in [-0.2, -0.15) is 8.78 Å². The molecule has 11 heteroatoms. The molecule has 0 bridgehead atoms. The van der Waals surface area contributed by atoms with Gasteiger partial charge in [-0.1, -0.05) is 5.21 Å². The zero-order valence-electron chi connectivity index (χ0n) is 14.1. The van der Waals surface area contributed by atoms with Crippen LogP contribution in [0.5, 0.6) is 0 Å². The van der Waals surface area contributed by atoms with Crippen LogP contribution in [0.1, 0.15) is 36.5 Å². The van der Waals surface area contributed by atoms with Gasteiger partial charge in [-0.05, 0) is 38.1 Å². The first-order valence-corrected chi connectivity index (χ1v) is 8.41. The minimum atomic E-state index is -2.82. The van der Waals surface area contributed by atoms with Crippen LogP contribution >= 0.6 is 0 Å². The van der Waals surface area contributed by atoms with Crippen LogP contribution in [-0.2, 0) is 12.2 Å². The van der Waals surface area contributed by atoms with Crippen LogP contribution in [0.4, 0.5) is 13.2 Å². The molecule has 1 N–H and O–H groups in total. The van der Waals surface area contributed by atoms with Gasteiger partial charge in [0.05, 0.1) is 24.0 Å².